The molecule has 3 heterocycles. The average Bonchev–Trinajstić information content (AvgIpc) is 3.19. The number of ether oxygens (including phenoxy) is 2. The summed E-state index contributed by atoms with van der Waals surface area (Å²) in [5, 5.41) is 0. The minimum Gasteiger partial charge on any atom is -0.347 e. The van der Waals surface area contributed by atoms with E-state index in [2.05, 4.69) is 0 Å². The summed E-state index contributed by atoms with van der Waals surface area (Å²) < 4.78 is 34.8. The Balaban J connectivity index is 1.40. The van der Waals surface area contributed by atoms with E-state index in [-0.39, 0.29) is 29.4 Å². The number of hydrogen-bond acceptors (Lipinski definition) is 6. The molecule has 26 heavy (non-hydrogen) atoms. The van der Waals surface area contributed by atoms with E-state index in [9.17, 15) is 18.0 Å². The zero-order valence-corrected chi connectivity index (χ0v) is 15.9. The van der Waals surface area contributed by atoms with Gasteiger partial charge in [-0.25, -0.2) is 8.42 Å². The summed E-state index contributed by atoms with van der Waals surface area (Å²) in [4.78, 5) is 29.3. The van der Waals surface area contributed by atoms with Crippen molar-refractivity contribution >= 4 is 21.7 Å². The molecule has 8 nitrogen and oxygen atoms in total. The van der Waals surface area contributed by atoms with Gasteiger partial charge in [0.05, 0.1) is 24.7 Å². The Hall–Kier alpha value is -1.19. The number of amides is 2. The van der Waals surface area contributed by atoms with E-state index in [1.54, 1.807) is 11.9 Å². The maximum Gasteiger partial charge on any atom is 0.238 e. The molecule has 0 N–H and O–H groups in total. The van der Waals surface area contributed by atoms with E-state index in [0.29, 0.717) is 58.4 Å². The van der Waals surface area contributed by atoms with Crippen LogP contribution in [0.25, 0.3) is 0 Å². The van der Waals surface area contributed by atoms with E-state index >= 15 is 0 Å². The molecule has 1 atom stereocenters. The van der Waals surface area contributed by atoms with Crippen molar-refractivity contribution in [1.82, 2.24) is 9.80 Å². The zero-order valence-electron chi connectivity index (χ0n) is 15.1. The fourth-order valence-electron chi connectivity index (χ4n) is 4.37. The monoisotopic (exact) mass is 386 g/mol. The van der Waals surface area contributed by atoms with Crippen LogP contribution in [0, 0.1) is 5.41 Å². The van der Waals surface area contributed by atoms with Crippen LogP contribution in [0.15, 0.2) is 0 Å². The molecule has 0 aromatic rings. The van der Waals surface area contributed by atoms with Crippen LogP contribution in [0.4, 0.5) is 0 Å². The Labute approximate surface area is 153 Å². The molecule has 9 heteroatoms. The van der Waals surface area contributed by atoms with Gasteiger partial charge < -0.3 is 19.3 Å². The lowest BCUT2D eigenvalue weighted by atomic mass is 9.98. The summed E-state index contributed by atoms with van der Waals surface area (Å²) in [7, 11) is -1.44. The van der Waals surface area contributed by atoms with Crippen molar-refractivity contribution in [2.75, 3.05) is 44.9 Å². The Morgan fingerprint density at radius 1 is 1.08 bits per heavy atom. The first-order valence-electron chi connectivity index (χ1n) is 9.32. The quantitative estimate of drug-likeness (QED) is 0.623. The van der Waals surface area contributed by atoms with E-state index < -0.39 is 21.0 Å². The van der Waals surface area contributed by atoms with Crippen molar-refractivity contribution in [3.8, 4) is 0 Å². The Kier molecular flexibility index (Phi) is 4.32. The summed E-state index contributed by atoms with van der Waals surface area (Å²) in [6.45, 7) is 2.22. The summed E-state index contributed by atoms with van der Waals surface area (Å²) in [5.41, 5.74) is -0.983. The van der Waals surface area contributed by atoms with Gasteiger partial charge in [0.15, 0.2) is 15.6 Å². The van der Waals surface area contributed by atoms with Gasteiger partial charge in [-0.3, -0.25) is 9.59 Å². The third-order valence-corrected chi connectivity index (χ3v) is 8.02. The first kappa shape index (κ1) is 18.2. The summed E-state index contributed by atoms with van der Waals surface area (Å²) in [6, 6.07) is -0.317. The van der Waals surface area contributed by atoms with Gasteiger partial charge in [-0.1, -0.05) is 0 Å². The number of piperidine rings is 1. The highest BCUT2D eigenvalue weighted by Crippen LogP contribution is 2.50. The van der Waals surface area contributed by atoms with Crippen molar-refractivity contribution < 1.29 is 27.5 Å². The van der Waals surface area contributed by atoms with E-state index in [0.717, 1.165) is 0 Å². The van der Waals surface area contributed by atoms with Gasteiger partial charge >= 0.3 is 0 Å². The zero-order chi connectivity index (χ0) is 18.6. The topological polar surface area (TPSA) is 93.2 Å². The van der Waals surface area contributed by atoms with Crippen LogP contribution in [0.1, 0.15) is 32.1 Å². The molecule has 3 saturated heterocycles. The lowest BCUT2D eigenvalue weighted by Gasteiger charge is -2.39. The van der Waals surface area contributed by atoms with E-state index in [1.165, 1.54) is 4.90 Å². The molecule has 0 radical (unpaired) electrons. The van der Waals surface area contributed by atoms with Gasteiger partial charge in [-0.2, -0.15) is 0 Å². The van der Waals surface area contributed by atoms with Crippen LogP contribution in [0.3, 0.4) is 0 Å². The standard InChI is InChI=1S/C17H26N2O6S/c1-18(13-2-11-26(22,23)12-13)14(20)16(3-4-16)15(21)19-7-5-17(6-8-19)24-9-10-25-17/h13H,2-12H2,1H3. The maximum atomic E-state index is 13.1. The molecule has 1 unspecified atom stereocenters. The average molecular weight is 386 g/mol. The summed E-state index contributed by atoms with van der Waals surface area (Å²) in [5.74, 6) is -0.779. The van der Waals surface area contributed by atoms with Crippen LogP contribution in [0.5, 0.6) is 0 Å². The van der Waals surface area contributed by atoms with E-state index in [4.69, 9.17) is 9.47 Å². The number of carbonyl (C=O) groups is 2. The molecular formula is C17H26N2O6S. The molecule has 1 saturated carbocycles. The predicted molar refractivity (Wildman–Crippen MR) is 91.9 cm³/mol. The highest BCUT2D eigenvalue weighted by atomic mass is 32.2. The molecule has 4 fully saturated rings. The Morgan fingerprint density at radius 2 is 1.69 bits per heavy atom. The third kappa shape index (κ3) is 3.03. The van der Waals surface area contributed by atoms with Crippen molar-refractivity contribution in [3.63, 3.8) is 0 Å². The highest BCUT2D eigenvalue weighted by molar-refractivity contribution is 7.91. The molecule has 4 rings (SSSR count). The number of sulfone groups is 1. The van der Waals surface area contributed by atoms with Crippen molar-refractivity contribution in [2.24, 2.45) is 5.41 Å². The SMILES string of the molecule is CN(C(=O)C1(C(=O)N2CCC3(CC2)OCCO3)CC1)C1CCS(=O)(=O)C1. The fourth-order valence-corrected chi connectivity index (χ4v) is 6.14. The highest BCUT2D eigenvalue weighted by Gasteiger charge is 2.60. The normalized spacial score (nSPS) is 31.1. The molecule has 0 aromatic carbocycles. The number of carbonyl (C=O) groups excluding carboxylic acids is 2. The first-order chi connectivity index (χ1) is 12.3. The maximum absolute atomic E-state index is 13.1. The fraction of sp³-hybridized carbons (Fsp3) is 0.882. The molecule has 146 valence electrons. The number of rotatable bonds is 3. The Bertz CT molecular complexity index is 701. The second kappa shape index (κ2) is 6.17. The number of nitrogens with zero attached hydrogens (tertiary/aromatic N) is 2. The van der Waals surface area contributed by atoms with Gasteiger partial charge in [0.1, 0.15) is 5.41 Å². The third-order valence-electron chi connectivity index (χ3n) is 6.27. The van der Waals surface area contributed by atoms with E-state index in [1.807, 2.05) is 0 Å². The van der Waals surface area contributed by atoms with Crippen LogP contribution < -0.4 is 0 Å². The molecule has 0 aromatic heterocycles. The minimum absolute atomic E-state index is 0.000419. The number of hydrogen-bond donors (Lipinski definition) is 0. The second-order valence-corrected chi connectivity index (χ2v) is 10.2. The van der Waals surface area contributed by atoms with Gasteiger partial charge in [0.25, 0.3) is 0 Å². The van der Waals surface area contributed by atoms with Crippen LogP contribution in [-0.2, 0) is 28.9 Å². The molecule has 3 aliphatic heterocycles. The molecule has 1 spiro atoms. The van der Waals surface area contributed by atoms with Gasteiger partial charge in [-0.15, -0.1) is 0 Å². The molecule has 0 bridgehead atoms. The molecule has 4 aliphatic rings. The molecule has 2 amide bonds. The summed E-state index contributed by atoms with van der Waals surface area (Å²) >= 11 is 0. The Morgan fingerprint density at radius 3 is 2.19 bits per heavy atom. The predicted octanol–water partition coefficient (Wildman–Crippen LogP) is -0.222. The second-order valence-electron chi connectivity index (χ2n) is 7.95. The first-order valence-corrected chi connectivity index (χ1v) is 11.1. The van der Waals surface area contributed by atoms with Crippen LogP contribution >= 0.6 is 0 Å². The smallest absolute Gasteiger partial charge is 0.238 e. The van der Waals surface area contributed by atoms with Gasteiger partial charge in [0.2, 0.25) is 11.8 Å². The molecule has 1 aliphatic carbocycles. The van der Waals surface area contributed by atoms with Crippen molar-refractivity contribution in [3.05, 3.63) is 0 Å². The van der Waals surface area contributed by atoms with Crippen LogP contribution in [0.2, 0.25) is 0 Å². The lowest BCUT2D eigenvalue weighted by Crippen LogP contribution is -2.53. The van der Waals surface area contributed by atoms with Crippen molar-refractivity contribution in [1.29, 1.82) is 0 Å². The number of likely N-dealkylation sites (tertiary alicyclic amines) is 1. The van der Waals surface area contributed by atoms with Crippen LogP contribution in [-0.4, -0.2) is 86.7 Å². The lowest BCUT2D eigenvalue weighted by molar-refractivity contribution is -0.189. The van der Waals surface area contributed by atoms with Crippen molar-refractivity contribution in [2.45, 2.75) is 43.9 Å². The summed E-state index contributed by atoms with van der Waals surface area (Å²) in [6.07, 6.45) is 2.79. The molecular weight excluding hydrogens is 360 g/mol. The van der Waals surface area contributed by atoms with Gasteiger partial charge in [-0.05, 0) is 19.3 Å². The minimum atomic E-state index is -3.07. The van der Waals surface area contributed by atoms with Gasteiger partial charge in [0, 0.05) is 39.0 Å². The largest absolute Gasteiger partial charge is 0.347 e.